The highest BCUT2D eigenvalue weighted by molar-refractivity contribution is 4.84. The molecule has 1 aliphatic carbocycles. The summed E-state index contributed by atoms with van der Waals surface area (Å²) >= 11 is 0. The molecule has 1 heterocycles. The maximum absolute atomic E-state index is 5.15. The van der Waals surface area contributed by atoms with Crippen molar-refractivity contribution in [3.8, 4) is 0 Å². The standard InChI is InChI=1S/C12H21N3O/c1-10-13-12(16-14-10)9-15(2)11-7-5-3-4-6-8-11/h11H,3-9H2,1-2H3. The van der Waals surface area contributed by atoms with E-state index in [4.69, 9.17) is 4.52 Å². The molecule has 4 heteroatoms. The predicted octanol–water partition coefficient (Wildman–Crippen LogP) is 2.53. The van der Waals surface area contributed by atoms with E-state index in [1.165, 1.54) is 38.5 Å². The van der Waals surface area contributed by atoms with E-state index in [0.717, 1.165) is 18.3 Å². The lowest BCUT2D eigenvalue weighted by atomic mass is 10.1. The maximum atomic E-state index is 5.15. The van der Waals surface area contributed by atoms with Crippen molar-refractivity contribution in [2.24, 2.45) is 0 Å². The Morgan fingerprint density at radius 2 is 1.94 bits per heavy atom. The smallest absolute Gasteiger partial charge is 0.240 e. The van der Waals surface area contributed by atoms with Crippen LogP contribution >= 0.6 is 0 Å². The summed E-state index contributed by atoms with van der Waals surface area (Å²) in [7, 11) is 2.16. The molecule has 0 aromatic carbocycles. The van der Waals surface area contributed by atoms with Crippen molar-refractivity contribution < 1.29 is 4.52 Å². The maximum Gasteiger partial charge on any atom is 0.240 e. The van der Waals surface area contributed by atoms with E-state index >= 15 is 0 Å². The van der Waals surface area contributed by atoms with Gasteiger partial charge in [0.1, 0.15) is 0 Å². The van der Waals surface area contributed by atoms with E-state index in [1.807, 2.05) is 6.92 Å². The number of aromatic nitrogens is 2. The van der Waals surface area contributed by atoms with E-state index in [0.29, 0.717) is 6.04 Å². The first-order chi connectivity index (χ1) is 7.75. The zero-order valence-electron chi connectivity index (χ0n) is 10.3. The van der Waals surface area contributed by atoms with Crippen LogP contribution in [0, 0.1) is 6.92 Å². The van der Waals surface area contributed by atoms with Crippen molar-refractivity contribution in [3.63, 3.8) is 0 Å². The highest BCUT2D eigenvalue weighted by Crippen LogP contribution is 2.21. The van der Waals surface area contributed by atoms with E-state index in [-0.39, 0.29) is 0 Å². The molecule has 2 rings (SSSR count). The zero-order valence-corrected chi connectivity index (χ0v) is 10.3. The number of nitrogens with zero attached hydrogens (tertiary/aromatic N) is 3. The summed E-state index contributed by atoms with van der Waals surface area (Å²) in [6.07, 6.45) is 8.12. The van der Waals surface area contributed by atoms with Gasteiger partial charge in [-0.25, -0.2) is 0 Å². The van der Waals surface area contributed by atoms with Crippen molar-refractivity contribution >= 4 is 0 Å². The van der Waals surface area contributed by atoms with Crippen molar-refractivity contribution in [1.29, 1.82) is 0 Å². The second-order valence-electron chi connectivity index (χ2n) is 4.80. The van der Waals surface area contributed by atoms with Crippen LogP contribution in [0.3, 0.4) is 0 Å². The van der Waals surface area contributed by atoms with Gasteiger partial charge in [-0.1, -0.05) is 30.8 Å². The molecule has 1 aliphatic rings. The Balaban J connectivity index is 1.88. The number of rotatable bonds is 3. The Kier molecular flexibility index (Phi) is 3.93. The third kappa shape index (κ3) is 3.04. The summed E-state index contributed by atoms with van der Waals surface area (Å²) in [5.41, 5.74) is 0. The fourth-order valence-electron chi connectivity index (χ4n) is 2.45. The van der Waals surface area contributed by atoms with Crippen LogP contribution in [0.25, 0.3) is 0 Å². The third-order valence-electron chi connectivity index (χ3n) is 3.40. The van der Waals surface area contributed by atoms with E-state index in [2.05, 4.69) is 22.1 Å². The second kappa shape index (κ2) is 5.43. The average molecular weight is 223 g/mol. The van der Waals surface area contributed by atoms with Crippen molar-refractivity contribution in [2.75, 3.05) is 7.05 Å². The van der Waals surface area contributed by atoms with E-state index in [9.17, 15) is 0 Å². The fourth-order valence-corrected chi connectivity index (χ4v) is 2.45. The van der Waals surface area contributed by atoms with Gasteiger partial charge in [-0.15, -0.1) is 0 Å². The number of hydrogen-bond donors (Lipinski definition) is 0. The molecule has 16 heavy (non-hydrogen) atoms. The molecular weight excluding hydrogens is 202 g/mol. The largest absolute Gasteiger partial charge is 0.338 e. The van der Waals surface area contributed by atoms with Gasteiger partial charge in [-0.2, -0.15) is 4.98 Å². The van der Waals surface area contributed by atoms with E-state index in [1.54, 1.807) is 0 Å². The Morgan fingerprint density at radius 1 is 1.25 bits per heavy atom. The second-order valence-corrected chi connectivity index (χ2v) is 4.80. The van der Waals surface area contributed by atoms with Crippen molar-refractivity contribution in [3.05, 3.63) is 11.7 Å². The molecule has 0 radical (unpaired) electrons. The molecule has 1 aromatic heterocycles. The molecule has 0 amide bonds. The fraction of sp³-hybridized carbons (Fsp3) is 0.833. The minimum atomic E-state index is 0.690. The highest BCUT2D eigenvalue weighted by atomic mass is 16.5. The molecule has 0 aliphatic heterocycles. The first kappa shape index (κ1) is 11.6. The topological polar surface area (TPSA) is 42.2 Å². The molecule has 0 saturated heterocycles. The summed E-state index contributed by atoms with van der Waals surface area (Å²) in [6.45, 7) is 2.64. The molecule has 90 valence electrons. The summed E-state index contributed by atoms with van der Waals surface area (Å²) in [6, 6.07) is 0.690. The van der Waals surface area contributed by atoms with Gasteiger partial charge >= 0.3 is 0 Å². The monoisotopic (exact) mass is 223 g/mol. The summed E-state index contributed by atoms with van der Waals surface area (Å²) in [4.78, 5) is 6.61. The zero-order chi connectivity index (χ0) is 11.4. The van der Waals surface area contributed by atoms with Gasteiger partial charge in [0.25, 0.3) is 0 Å². The lowest BCUT2D eigenvalue weighted by molar-refractivity contribution is 0.187. The van der Waals surface area contributed by atoms with Crippen LogP contribution in [-0.4, -0.2) is 28.1 Å². The van der Waals surface area contributed by atoms with Gasteiger partial charge in [-0.05, 0) is 26.8 Å². The Bertz CT molecular complexity index is 316. The highest BCUT2D eigenvalue weighted by Gasteiger charge is 2.18. The predicted molar refractivity (Wildman–Crippen MR) is 62.0 cm³/mol. The minimum absolute atomic E-state index is 0.690. The van der Waals surface area contributed by atoms with Crippen molar-refractivity contribution in [2.45, 2.75) is 58.0 Å². The van der Waals surface area contributed by atoms with Gasteiger partial charge in [0.05, 0.1) is 6.54 Å². The van der Waals surface area contributed by atoms with Gasteiger partial charge in [0.15, 0.2) is 5.82 Å². The molecule has 0 unspecified atom stereocenters. The van der Waals surface area contributed by atoms with Crippen LogP contribution < -0.4 is 0 Å². The first-order valence-electron chi connectivity index (χ1n) is 6.25. The Hall–Kier alpha value is -0.900. The van der Waals surface area contributed by atoms with Crippen LogP contribution in [0.15, 0.2) is 4.52 Å². The minimum Gasteiger partial charge on any atom is -0.338 e. The number of aryl methyl sites for hydroxylation is 1. The molecule has 0 bridgehead atoms. The van der Waals surface area contributed by atoms with Gasteiger partial charge in [0.2, 0.25) is 5.89 Å². The van der Waals surface area contributed by atoms with Gasteiger partial charge in [-0.3, -0.25) is 4.90 Å². The summed E-state index contributed by atoms with van der Waals surface area (Å²) < 4.78 is 5.15. The molecule has 0 N–H and O–H groups in total. The van der Waals surface area contributed by atoms with Crippen LogP contribution in [0.4, 0.5) is 0 Å². The van der Waals surface area contributed by atoms with E-state index < -0.39 is 0 Å². The van der Waals surface area contributed by atoms with Gasteiger partial charge < -0.3 is 4.52 Å². The lowest BCUT2D eigenvalue weighted by Gasteiger charge is -2.25. The Labute approximate surface area is 97.0 Å². The number of hydrogen-bond acceptors (Lipinski definition) is 4. The SMILES string of the molecule is Cc1noc(CN(C)C2CCCCCC2)n1. The lowest BCUT2D eigenvalue weighted by Crippen LogP contribution is -2.30. The summed E-state index contributed by atoms with van der Waals surface area (Å²) in [5, 5.41) is 3.82. The quantitative estimate of drug-likeness (QED) is 0.738. The van der Waals surface area contributed by atoms with Crippen LogP contribution in [-0.2, 0) is 6.54 Å². The molecule has 4 nitrogen and oxygen atoms in total. The average Bonchev–Trinajstić information content (AvgIpc) is 2.56. The van der Waals surface area contributed by atoms with Gasteiger partial charge in [0, 0.05) is 6.04 Å². The molecular formula is C12H21N3O. The molecule has 1 aromatic rings. The van der Waals surface area contributed by atoms with Crippen LogP contribution in [0.5, 0.6) is 0 Å². The summed E-state index contributed by atoms with van der Waals surface area (Å²) in [5.74, 6) is 1.47. The molecule has 0 spiro atoms. The molecule has 0 atom stereocenters. The first-order valence-corrected chi connectivity index (χ1v) is 6.25. The molecule has 1 fully saturated rings. The van der Waals surface area contributed by atoms with Crippen LogP contribution in [0.2, 0.25) is 0 Å². The van der Waals surface area contributed by atoms with Crippen LogP contribution in [0.1, 0.15) is 50.2 Å². The third-order valence-corrected chi connectivity index (χ3v) is 3.40. The molecule has 1 saturated carbocycles. The normalized spacial score (nSPS) is 18.9. The Morgan fingerprint density at radius 3 is 2.50 bits per heavy atom. The van der Waals surface area contributed by atoms with Crippen molar-refractivity contribution in [1.82, 2.24) is 15.0 Å².